The third-order valence-corrected chi connectivity index (χ3v) is 8.38. The third kappa shape index (κ3) is 5.69. The molecule has 1 saturated heterocycles. The van der Waals surface area contributed by atoms with Gasteiger partial charge < -0.3 is 10.2 Å². The van der Waals surface area contributed by atoms with Crippen molar-refractivity contribution in [2.24, 2.45) is 0 Å². The lowest BCUT2D eigenvalue weighted by molar-refractivity contribution is -0.384. The Morgan fingerprint density at radius 2 is 1.85 bits per heavy atom. The number of carbonyl (C=O) groups is 1. The summed E-state index contributed by atoms with van der Waals surface area (Å²) in [6.45, 7) is 5.90. The second-order valence-corrected chi connectivity index (χ2v) is 11.2. The molecule has 2 aromatic carbocycles. The summed E-state index contributed by atoms with van der Waals surface area (Å²) in [5, 5.41) is 14.5. The molecule has 12 heteroatoms. The minimum Gasteiger partial charge on any atom is -0.354 e. The number of nitro benzene ring substituents is 1. The maximum atomic E-state index is 12.4. The summed E-state index contributed by atoms with van der Waals surface area (Å²) in [7, 11) is -3.66. The van der Waals surface area contributed by atoms with Gasteiger partial charge in [0.2, 0.25) is 5.91 Å². The SMILES string of the molecule is Cc1ccc(S(=O)(=O)CC(=O)NCCN2CCN(c3nc4ccc([N+](=O)[O-])cc4s3)CC2)cc1. The van der Waals surface area contributed by atoms with Crippen molar-refractivity contribution >= 4 is 48.1 Å². The van der Waals surface area contributed by atoms with E-state index in [1.807, 2.05) is 6.92 Å². The number of fused-ring (bicyclic) bond motifs is 1. The number of piperazine rings is 1. The zero-order valence-electron chi connectivity index (χ0n) is 18.6. The second-order valence-electron chi connectivity index (χ2n) is 8.16. The monoisotopic (exact) mass is 503 g/mol. The topological polar surface area (TPSA) is 126 Å². The number of nitrogens with one attached hydrogen (secondary N) is 1. The number of hydrogen-bond donors (Lipinski definition) is 1. The van der Waals surface area contributed by atoms with Crippen LogP contribution < -0.4 is 10.2 Å². The van der Waals surface area contributed by atoms with Crippen LogP contribution >= 0.6 is 11.3 Å². The van der Waals surface area contributed by atoms with Gasteiger partial charge in [-0.1, -0.05) is 29.0 Å². The van der Waals surface area contributed by atoms with Crippen molar-refractivity contribution < 1.29 is 18.1 Å². The molecule has 1 N–H and O–H groups in total. The molecule has 180 valence electrons. The fourth-order valence-corrected chi connectivity index (χ4v) is 5.93. The average molecular weight is 504 g/mol. The summed E-state index contributed by atoms with van der Waals surface area (Å²) in [5.74, 6) is -1.08. The number of thiazole rings is 1. The first-order valence-electron chi connectivity index (χ1n) is 10.8. The van der Waals surface area contributed by atoms with Crippen LogP contribution in [0.1, 0.15) is 5.56 Å². The van der Waals surface area contributed by atoms with Crippen LogP contribution in [0.2, 0.25) is 0 Å². The lowest BCUT2D eigenvalue weighted by atomic mass is 10.2. The number of nitro groups is 1. The van der Waals surface area contributed by atoms with Gasteiger partial charge in [0, 0.05) is 51.4 Å². The standard InChI is InChI=1S/C22H25N5O5S2/c1-16-2-5-18(6-3-16)34(31,32)15-21(28)23-8-9-25-10-12-26(13-11-25)22-24-19-7-4-17(27(29)30)14-20(19)33-22/h2-7,14H,8-13,15H2,1H3,(H,23,28). The van der Waals surface area contributed by atoms with E-state index < -0.39 is 26.4 Å². The van der Waals surface area contributed by atoms with Crippen molar-refractivity contribution in [3.8, 4) is 0 Å². The predicted molar refractivity (Wildman–Crippen MR) is 131 cm³/mol. The smallest absolute Gasteiger partial charge is 0.270 e. The molecular weight excluding hydrogens is 478 g/mol. The Morgan fingerprint density at radius 1 is 1.15 bits per heavy atom. The minimum atomic E-state index is -3.66. The number of non-ortho nitro benzene ring substituents is 1. The molecule has 1 aliphatic rings. The van der Waals surface area contributed by atoms with Crippen LogP contribution in [-0.2, 0) is 14.6 Å². The van der Waals surface area contributed by atoms with E-state index in [1.165, 1.54) is 29.5 Å². The quantitative estimate of drug-likeness (QED) is 0.366. The van der Waals surface area contributed by atoms with Gasteiger partial charge in [-0.2, -0.15) is 0 Å². The maximum absolute atomic E-state index is 12.4. The van der Waals surface area contributed by atoms with Crippen LogP contribution in [0.5, 0.6) is 0 Å². The molecule has 1 amide bonds. The van der Waals surface area contributed by atoms with Crippen molar-refractivity contribution in [2.75, 3.05) is 49.9 Å². The summed E-state index contributed by atoms with van der Waals surface area (Å²) in [6, 6.07) is 11.1. The maximum Gasteiger partial charge on any atom is 0.270 e. The Hall–Kier alpha value is -3.09. The molecular formula is C22H25N5O5S2. The van der Waals surface area contributed by atoms with Crippen LogP contribution in [0.3, 0.4) is 0 Å². The van der Waals surface area contributed by atoms with Gasteiger partial charge in [-0.3, -0.25) is 19.8 Å². The molecule has 0 atom stereocenters. The van der Waals surface area contributed by atoms with E-state index in [4.69, 9.17) is 0 Å². The third-order valence-electron chi connectivity index (χ3n) is 5.67. The fourth-order valence-electron chi connectivity index (χ4n) is 3.72. The van der Waals surface area contributed by atoms with Gasteiger partial charge in [-0.05, 0) is 25.1 Å². The van der Waals surface area contributed by atoms with Crippen molar-refractivity contribution in [3.63, 3.8) is 0 Å². The van der Waals surface area contributed by atoms with E-state index in [2.05, 4.69) is 20.1 Å². The number of aromatic nitrogens is 1. The lowest BCUT2D eigenvalue weighted by Crippen LogP contribution is -2.48. The van der Waals surface area contributed by atoms with Gasteiger partial charge in [0.1, 0.15) is 5.75 Å². The highest BCUT2D eigenvalue weighted by Crippen LogP contribution is 2.31. The summed E-state index contributed by atoms with van der Waals surface area (Å²) >= 11 is 1.44. The Morgan fingerprint density at radius 3 is 2.53 bits per heavy atom. The molecule has 0 aliphatic carbocycles. The van der Waals surface area contributed by atoms with Gasteiger partial charge in [-0.15, -0.1) is 0 Å². The van der Waals surface area contributed by atoms with Crippen LogP contribution in [0.25, 0.3) is 10.2 Å². The normalized spacial score (nSPS) is 14.9. The number of nitrogens with zero attached hydrogens (tertiary/aromatic N) is 4. The molecule has 2 heterocycles. The van der Waals surface area contributed by atoms with E-state index in [9.17, 15) is 23.3 Å². The van der Waals surface area contributed by atoms with Gasteiger partial charge in [0.25, 0.3) is 5.69 Å². The van der Waals surface area contributed by atoms with Crippen molar-refractivity contribution in [1.29, 1.82) is 0 Å². The van der Waals surface area contributed by atoms with Gasteiger partial charge >= 0.3 is 0 Å². The highest BCUT2D eigenvalue weighted by atomic mass is 32.2. The molecule has 0 bridgehead atoms. The summed E-state index contributed by atoms with van der Waals surface area (Å²) in [6.07, 6.45) is 0. The molecule has 0 radical (unpaired) electrons. The first-order valence-corrected chi connectivity index (χ1v) is 13.3. The van der Waals surface area contributed by atoms with E-state index in [0.29, 0.717) is 13.1 Å². The van der Waals surface area contributed by atoms with Gasteiger partial charge in [0.05, 0.1) is 20.0 Å². The highest BCUT2D eigenvalue weighted by Gasteiger charge is 2.22. The average Bonchev–Trinajstić information content (AvgIpc) is 3.23. The Kier molecular flexibility index (Phi) is 7.10. The fraction of sp³-hybridized carbons (Fsp3) is 0.364. The predicted octanol–water partition coefficient (Wildman–Crippen LogP) is 2.23. The number of benzene rings is 2. The summed E-state index contributed by atoms with van der Waals surface area (Å²) < 4.78 is 25.6. The van der Waals surface area contributed by atoms with E-state index in [-0.39, 0.29) is 10.6 Å². The summed E-state index contributed by atoms with van der Waals surface area (Å²) in [4.78, 5) is 31.8. The van der Waals surface area contributed by atoms with Crippen LogP contribution in [0, 0.1) is 17.0 Å². The number of aryl methyl sites for hydroxylation is 1. The van der Waals surface area contributed by atoms with Gasteiger partial charge in [0.15, 0.2) is 15.0 Å². The van der Waals surface area contributed by atoms with Crippen molar-refractivity contribution in [2.45, 2.75) is 11.8 Å². The molecule has 0 spiro atoms. The second kappa shape index (κ2) is 10.0. The highest BCUT2D eigenvalue weighted by molar-refractivity contribution is 7.92. The molecule has 3 aromatic rings. The molecule has 0 saturated carbocycles. The van der Waals surface area contributed by atoms with Crippen LogP contribution in [-0.4, -0.2) is 74.2 Å². The number of rotatable bonds is 8. The minimum absolute atomic E-state index is 0.0567. The van der Waals surface area contributed by atoms with Crippen molar-refractivity contribution in [3.05, 3.63) is 58.1 Å². The molecule has 1 fully saturated rings. The Balaban J connectivity index is 1.23. The summed E-state index contributed by atoms with van der Waals surface area (Å²) in [5.41, 5.74) is 1.76. The molecule has 0 unspecified atom stereocenters. The Labute approximate surface area is 201 Å². The largest absolute Gasteiger partial charge is 0.354 e. The number of amides is 1. The first kappa shape index (κ1) is 24.0. The van der Waals surface area contributed by atoms with Gasteiger partial charge in [-0.25, -0.2) is 13.4 Å². The molecule has 1 aliphatic heterocycles. The van der Waals surface area contributed by atoms with E-state index in [1.54, 1.807) is 24.3 Å². The number of anilines is 1. The molecule has 10 nitrogen and oxygen atoms in total. The number of hydrogen-bond acceptors (Lipinski definition) is 9. The molecule has 1 aromatic heterocycles. The zero-order chi connectivity index (χ0) is 24.3. The van der Waals surface area contributed by atoms with E-state index in [0.717, 1.165) is 47.1 Å². The number of carbonyl (C=O) groups excluding carboxylic acids is 1. The van der Waals surface area contributed by atoms with Crippen LogP contribution in [0.4, 0.5) is 10.8 Å². The van der Waals surface area contributed by atoms with Crippen molar-refractivity contribution in [1.82, 2.24) is 15.2 Å². The lowest BCUT2D eigenvalue weighted by Gasteiger charge is -2.34. The van der Waals surface area contributed by atoms with E-state index >= 15 is 0 Å². The van der Waals surface area contributed by atoms with Crippen LogP contribution in [0.15, 0.2) is 47.4 Å². The molecule has 34 heavy (non-hydrogen) atoms. The number of sulfone groups is 1. The zero-order valence-corrected chi connectivity index (χ0v) is 20.3. The first-order chi connectivity index (χ1) is 16.2. The Bertz CT molecular complexity index is 1300. The molecule has 4 rings (SSSR count).